The average molecular weight is 315 g/mol. The Labute approximate surface area is 140 Å². The molecular formula is C22H18FN. The summed E-state index contributed by atoms with van der Waals surface area (Å²) < 4.78 is 14.2. The van der Waals surface area contributed by atoms with Gasteiger partial charge in [0.25, 0.3) is 0 Å². The van der Waals surface area contributed by atoms with Crippen LogP contribution in [0.1, 0.15) is 16.7 Å². The van der Waals surface area contributed by atoms with Crippen LogP contribution >= 0.6 is 0 Å². The second kappa shape index (κ2) is 5.41. The first-order valence-corrected chi connectivity index (χ1v) is 8.10. The standard InChI is InChI=1S/C22H18FN/c1-13-9-14(2)11-16(10-13)22-19-8-7-17-18(5-4-6-20(17)23)21(19)15(3)12-24-22/h4-12H,1-3H3. The minimum absolute atomic E-state index is 0.182. The molecule has 1 nitrogen and oxygen atoms in total. The van der Waals surface area contributed by atoms with Crippen molar-refractivity contribution in [2.75, 3.05) is 0 Å². The van der Waals surface area contributed by atoms with Gasteiger partial charge in [0.2, 0.25) is 0 Å². The van der Waals surface area contributed by atoms with Gasteiger partial charge in [0.15, 0.2) is 0 Å². The summed E-state index contributed by atoms with van der Waals surface area (Å²) in [4.78, 5) is 4.69. The van der Waals surface area contributed by atoms with E-state index >= 15 is 0 Å². The van der Waals surface area contributed by atoms with E-state index in [9.17, 15) is 4.39 Å². The number of aromatic nitrogens is 1. The molecule has 0 saturated carbocycles. The summed E-state index contributed by atoms with van der Waals surface area (Å²) >= 11 is 0. The quantitative estimate of drug-likeness (QED) is 0.386. The van der Waals surface area contributed by atoms with Crippen LogP contribution in [0.4, 0.5) is 4.39 Å². The van der Waals surface area contributed by atoms with E-state index in [2.05, 4.69) is 32.0 Å². The molecule has 24 heavy (non-hydrogen) atoms. The van der Waals surface area contributed by atoms with Crippen LogP contribution in [0.5, 0.6) is 0 Å². The molecule has 4 rings (SSSR count). The summed E-state index contributed by atoms with van der Waals surface area (Å²) in [6, 6.07) is 15.6. The number of hydrogen-bond acceptors (Lipinski definition) is 1. The lowest BCUT2D eigenvalue weighted by Crippen LogP contribution is -1.92. The molecule has 0 saturated heterocycles. The van der Waals surface area contributed by atoms with Crippen LogP contribution in [-0.2, 0) is 0 Å². The summed E-state index contributed by atoms with van der Waals surface area (Å²) in [5.41, 5.74) is 5.55. The fraction of sp³-hybridized carbons (Fsp3) is 0.136. The van der Waals surface area contributed by atoms with Crippen LogP contribution < -0.4 is 0 Å². The van der Waals surface area contributed by atoms with Gasteiger partial charge in [-0.3, -0.25) is 4.98 Å². The molecule has 0 amide bonds. The molecule has 2 heteroatoms. The maximum absolute atomic E-state index is 14.2. The zero-order chi connectivity index (χ0) is 16.8. The van der Waals surface area contributed by atoms with Gasteiger partial charge < -0.3 is 0 Å². The summed E-state index contributed by atoms with van der Waals surface area (Å²) in [5.74, 6) is -0.182. The third kappa shape index (κ3) is 2.26. The van der Waals surface area contributed by atoms with Crippen molar-refractivity contribution in [2.24, 2.45) is 0 Å². The predicted molar refractivity (Wildman–Crippen MR) is 98.9 cm³/mol. The van der Waals surface area contributed by atoms with Crippen molar-refractivity contribution >= 4 is 21.5 Å². The molecule has 1 heterocycles. The van der Waals surface area contributed by atoms with Crippen LogP contribution in [0, 0.1) is 26.6 Å². The van der Waals surface area contributed by atoms with Gasteiger partial charge in [-0.1, -0.05) is 41.5 Å². The van der Waals surface area contributed by atoms with E-state index in [1.807, 2.05) is 31.3 Å². The fourth-order valence-corrected chi connectivity index (χ4v) is 3.58. The summed E-state index contributed by atoms with van der Waals surface area (Å²) in [5, 5.41) is 3.75. The Kier molecular flexibility index (Phi) is 3.34. The zero-order valence-electron chi connectivity index (χ0n) is 14.0. The van der Waals surface area contributed by atoms with E-state index in [0.29, 0.717) is 5.39 Å². The van der Waals surface area contributed by atoms with E-state index in [0.717, 1.165) is 33.0 Å². The molecule has 4 aromatic rings. The number of halogens is 1. The molecule has 3 aromatic carbocycles. The normalized spacial score (nSPS) is 11.3. The van der Waals surface area contributed by atoms with Gasteiger partial charge in [0.1, 0.15) is 5.82 Å². The van der Waals surface area contributed by atoms with Gasteiger partial charge in [-0.15, -0.1) is 0 Å². The average Bonchev–Trinajstić information content (AvgIpc) is 2.54. The van der Waals surface area contributed by atoms with E-state index in [4.69, 9.17) is 4.98 Å². The third-order valence-corrected chi connectivity index (χ3v) is 4.54. The first kappa shape index (κ1) is 14.8. The Balaban J connectivity index is 2.14. The van der Waals surface area contributed by atoms with Crippen molar-refractivity contribution in [3.63, 3.8) is 0 Å². The lowest BCUT2D eigenvalue weighted by molar-refractivity contribution is 0.640. The summed E-state index contributed by atoms with van der Waals surface area (Å²) in [7, 11) is 0. The lowest BCUT2D eigenvalue weighted by atomic mass is 9.95. The fourth-order valence-electron chi connectivity index (χ4n) is 3.58. The molecule has 0 aliphatic heterocycles. The molecule has 0 aliphatic rings. The Morgan fingerprint density at radius 1 is 0.792 bits per heavy atom. The first-order chi connectivity index (χ1) is 11.5. The number of rotatable bonds is 1. The van der Waals surface area contributed by atoms with Gasteiger partial charge >= 0.3 is 0 Å². The maximum Gasteiger partial charge on any atom is 0.131 e. The lowest BCUT2D eigenvalue weighted by Gasteiger charge is -2.12. The SMILES string of the molecule is Cc1cc(C)cc(-c2ncc(C)c3c2ccc2c(F)cccc23)c1. The molecule has 0 bridgehead atoms. The largest absolute Gasteiger partial charge is 0.255 e. The highest BCUT2D eigenvalue weighted by molar-refractivity contribution is 6.12. The van der Waals surface area contributed by atoms with Crippen molar-refractivity contribution in [2.45, 2.75) is 20.8 Å². The van der Waals surface area contributed by atoms with Crippen molar-refractivity contribution < 1.29 is 4.39 Å². The van der Waals surface area contributed by atoms with E-state index < -0.39 is 0 Å². The van der Waals surface area contributed by atoms with Gasteiger partial charge in [-0.05, 0) is 55.3 Å². The molecule has 0 N–H and O–H groups in total. The van der Waals surface area contributed by atoms with Gasteiger partial charge in [0.05, 0.1) is 5.69 Å². The maximum atomic E-state index is 14.2. The molecule has 0 atom stereocenters. The van der Waals surface area contributed by atoms with Crippen LogP contribution in [0.25, 0.3) is 32.8 Å². The second-order valence-electron chi connectivity index (χ2n) is 6.49. The molecule has 1 aromatic heterocycles. The zero-order valence-corrected chi connectivity index (χ0v) is 14.0. The van der Waals surface area contributed by atoms with Crippen molar-refractivity contribution in [3.8, 4) is 11.3 Å². The van der Waals surface area contributed by atoms with E-state index in [-0.39, 0.29) is 5.82 Å². The molecule has 0 aliphatic carbocycles. The number of fused-ring (bicyclic) bond motifs is 3. The highest BCUT2D eigenvalue weighted by Crippen LogP contribution is 2.35. The molecule has 0 fully saturated rings. The van der Waals surface area contributed by atoms with Crippen molar-refractivity contribution in [3.05, 3.63) is 77.2 Å². The van der Waals surface area contributed by atoms with Crippen LogP contribution in [0.3, 0.4) is 0 Å². The smallest absolute Gasteiger partial charge is 0.131 e. The highest BCUT2D eigenvalue weighted by Gasteiger charge is 2.12. The van der Waals surface area contributed by atoms with Crippen molar-refractivity contribution in [1.82, 2.24) is 4.98 Å². The van der Waals surface area contributed by atoms with E-state index in [1.54, 1.807) is 6.07 Å². The Morgan fingerprint density at radius 2 is 1.50 bits per heavy atom. The summed E-state index contributed by atoms with van der Waals surface area (Å²) in [6.45, 7) is 6.22. The molecule has 0 radical (unpaired) electrons. The number of aryl methyl sites for hydroxylation is 3. The second-order valence-corrected chi connectivity index (χ2v) is 6.49. The predicted octanol–water partition coefficient (Wildman–Crippen LogP) is 6.12. The molecule has 0 spiro atoms. The Hall–Kier alpha value is -2.74. The topological polar surface area (TPSA) is 12.9 Å². The summed E-state index contributed by atoms with van der Waals surface area (Å²) in [6.07, 6.45) is 1.89. The van der Waals surface area contributed by atoms with Gasteiger partial charge in [0, 0.05) is 22.5 Å². The van der Waals surface area contributed by atoms with Crippen molar-refractivity contribution in [1.29, 1.82) is 0 Å². The number of hydrogen-bond donors (Lipinski definition) is 0. The minimum Gasteiger partial charge on any atom is -0.255 e. The third-order valence-electron chi connectivity index (χ3n) is 4.54. The number of nitrogens with zero attached hydrogens (tertiary/aromatic N) is 1. The molecular weight excluding hydrogens is 297 g/mol. The van der Waals surface area contributed by atoms with Crippen LogP contribution in [0.15, 0.2) is 54.7 Å². The number of pyridine rings is 1. The Bertz CT molecular complexity index is 1080. The first-order valence-electron chi connectivity index (χ1n) is 8.10. The van der Waals surface area contributed by atoms with Crippen LogP contribution in [0.2, 0.25) is 0 Å². The van der Waals surface area contributed by atoms with Gasteiger partial charge in [-0.2, -0.15) is 0 Å². The Morgan fingerprint density at radius 3 is 2.25 bits per heavy atom. The highest BCUT2D eigenvalue weighted by atomic mass is 19.1. The monoisotopic (exact) mass is 315 g/mol. The number of benzene rings is 3. The molecule has 0 unspecified atom stereocenters. The van der Waals surface area contributed by atoms with E-state index in [1.165, 1.54) is 17.2 Å². The molecule has 118 valence electrons. The van der Waals surface area contributed by atoms with Crippen LogP contribution in [-0.4, -0.2) is 4.98 Å². The minimum atomic E-state index is -0.182. The van der Waals surface area contributed by atoms with Gasteiger partial charge in [-0.25, -0.2) is 4.39 Å².